The molecule has 6 rings (SSSR count). The summed E-state index contributed by atoms with van der Waals surface area (Å²) in [6.07, 6.45) is 3.26. The summed E-state index contributed by atoms with van der Waals surface area (Å²) in [4.78, 5) is 46.1. The number of ketones is 1. The molecule has 1 fully saturated rings. The summed E-state index contributed by atoms with van der Waals surface area (Å²) in [5.74, 6) is -1.94. The minimum absolute atomic E-state index is 0.0628. The van der Waals surface area contributed by atoms with Gasteiger partial charge in [-0.15, -0.1) is 5.10 Å². The minimum Gasteiger partial charge on any atom is -0.457 e. The van der Waals surface area contributed by atoms with Crippen LogP contribution in [0.5, 0.6) is 0 Å². The summed E-state index contributed by atoms with van der Waals surface area (Å²) in [5, 5.41) is 11.0. The van der Waals surface area contributed by atoms with E-state index >= 15 is 4.79 Å². The zero-order valence-corrected chi connectivity index (χ0v) is 35.6. The van der Waals surface area contributed by atoms with Gasteiger partial charge >= 0.3 is 5.97 Å². The highest BCUT2D eigenvalue weighted by Gasteiger charge is 2.57. The fraction of sp³-hybridized carbons (Fsp3) is 0.304. The van der Waals surface area contributed by atoms with Gasteiger partial charge in [0.15, 0.2) is 14.1 Å². The first kappa shape index (κ1) is 41.5. The summed E-state index contributed by atoms with van der Waals surface area (Å²) < 4.78 is 14.5. The van der Waals surface area contributed by atoms with Crippen molar-refractivity contribution in [2.45, 2.75) is 77.4 Å². The van der Waals surface area contributed by atoms with Gasteiger partial charge in [0.2, 0.25) is 5.91 Å². The number of amides is 1. The van der Waals surface area contributed by atoms with E-state index in [9.17, 15) is 9.59 Å². The number of aryl methyl sites for hydroxylation is 2. The number of nitrogens with zero attached hydrogens (tertiary/aromatic N) is 4. The number of rotatable bonds is 16. The van der Waals surface area contributed by atoms with Crippen molar-refractivity contribution in [2.75, 3.05) is 6.61 Å². The van der Waals surface area contributed by atoms with Crippen LogP contribution in [0.1, 0.15) is 50.2 Å². The maximum Gasteiger partial charge on any atom is 0.356 e. The molecular formula is C46H53N4O5PSi. The number of β-lactam (4-membered cyclic amide) rings is 1. The molecule has 0 saturated carbocycles. The highest BCUT2D eigenvalue weighted by Crippen LogP contribution is 2.50. The van der Waals surface area contributed by atoms with Crippen molar-refractivity contribution in [3.63, 3.8) is 0 Å². The molecule has 9 nitrogen and oxygen atoms in total. The molecular weight excluding hydrogens is 748 g/mol. The Morgan fingerprint density at radius 2 is 1.37 bits per heavy atom. The van der Waals surface area contributed by atoms with Crippen LogP contribution in [0.25, 0.3) is 0 Å². The van der Waals surface area contributed by atoms with Crippen LogP contribution in [0.4, 0.5) is 0 Å². The van der Waals surface area contributed by atoms with Gasteiger partial charge in [0, 0.05) is 19.9 Å². The monoisotopic (exact) mass is 800 g/mol. The van der Waals surface area contributed by atoms with Gasteiger partial charge in [-0.05, 0) is 53.0 Å². The second kappa shape index (κ2) is 17.5. The Hall–Kier alpha value is -5.15. The van der Waals surface area contributed by atoms with E-state index in [1.54, 1.807) is 15.8 Å². The number of likely N-dealkylation sites (tertiary alicyclic amines) is 1. The van der Waals surface area contributed by atoms with Gasteiger partial charge in [-0.3, -0.25) is 14.3 Å². The number of carbonyl (C=O) groups excluding carboxylic acids is 3. The molecule has 3 atom stereocenters. The number of Topliss-reactive ketones (excluding diaryl/α,β-unsaturated/α-hetero) is 1. The fourth-order valence-corrected chi connectivity index (χ4v) is 13.2. The SMILES string of the molecule is C=CCOC(=O)C(N1C(=O)[C@H]([C@@H](C)O[Si](C)(C)C(C)(C)C)[C@H]1CC(=O)c1cn(CCc2ccccc2)nn1)=P(c1ccccc1)(c1ccccc1)c1ccccc1. The molecule has 1 amide bonds. The summed E-state index contributed by atoms with van der Waals surface area (Å²) in [7, 11) is -2.38. The maximum absolute atomic E-state index is 15.1. The van der Waals surface area contributed by atoms with E-state index < -0.39 is 39.2 Å². The molecule has 57 heavy (non-hydrogen) atoms. The highest BCUT2D eigenvalue weighted by atomic mass is 31.2. The van der Waals surface area contributed by atoms with E-state index in [2.05, 4.69) is 62.9 Å². The van der Waals surface area contributed by atoms with Gasteiger partial charge in [0.25, 0.3) is 0 Å². The van der Waals surface area contributed by atoms with Crippen molar-refractivity contribution in [1.29, 1.82) is 0 Å². The lowest BCUT2D eigenvalue weighted by Gasteiger charge is -2.52. The van der Waals surface area contributed by atoms with Gasteiger partial charge in [-0.1, -0.05) is 160 Å². The van der Waals surface area contributed by atoms with Crippen LogP contribution in [-0.4, -0.2) is 70.0 Å². The molecule has 5 aromatic rings. The third-order valence-electron chi connectivity index (χ3n) is 11.2. The zero-order chi connectivity index (χ0) is 40.8. The zero-order valence-electron chi connectivity index (χ0n) is 33.7. The molecule has 0 bridgehead atoms. The van der Waals surface area contributed by atoms with Crippen molar-refractivity contribution in [1.82, 2.24) is 19.9 Å². The van der Waals surface area contributed by atoms with E-state index in [4.69, 9.17) is 9.16 Å². The van der Waals surface area contributed by atoms with Crippen LogP contribution in [0.15, 0.2) is 140 Å². The third kappa shape index (κ3) is 8.59. The topological polar surface area (TPSA) is 104 Å². The second-order valence-electron chi connectivity index (χ2n) is 16.0. The molecule has 2 heterocycles. The largest absolute Gasteiger partial charge is 0.457 e. The third-order valence-corrected chi connectivity index (χ3v) is 20.1. The Morgan fingerprint density at radius 3 is 1.86 bits per heavy atom. The Morgan fingerprint density at radius 1 is 0.860 bits per heavy atom. The normalized spacial score (nSPS) is 16.4. The summed E-state index contributed by atoms with van der Waals surface area (Å²) in [5.41, 5.74) is 1.56. The summed E-state index contributed by atoms with van der Waals surface area (Å²) in [6.45, 7) is 13.8. The van der Waals surface area contributed by atoms with E-state index in [-0.39, 0.29) is 40.9 Å². The van der Waals surface area contributed by atoms with Gasteiger partial charge in [-0.25, -0.2) is 4.79 Å². The molecule has 0 unspecified atom stereocenters. The molecule has 1 aromatic heterocycles. The molecule has 1 aliphatic rings. The maximum atomic E-state index is 15.1. The molecule has 11 heteroatoms. The van der Waals surface area contributed by atoms with Crippen LogP contribution < -0.4 is 15.9 Å². The molecule has 0 N–H and O–H groups in total. The number of hydrogen-bond donors (Lipinski definition) is 0. The lowest BCUT2D eigenvalue weighted by atomic mass is 9.80. The lowest BCUT2D eigenvalue weighted by Crippen LogP contribution is -2.69. The van der Waals surface area contributed by atoms with Gasteiger partial charge in [0.1, 0.15) is 17.7 Å². The quantitative estimate of drug-likeness (QED) is 0.0260. The lowest BCUT2D eigenvalue weighted by molar-refractivity contribution is -0.156. The van der Waals surface area contributed by atoms with Crippen LogP contribution in [-0.2, 0) is 31.7 Å². The number of carbonyl (C=O) groups is 3. The average molecular weight is 801 g/mol. The van der Waals surface area contributed by atoms with E-state index in [0.29, 0.717) is 6.54 Å². The van der Waals surface area contributed by atoms with Crippen LogP contribution in [0.2, 0.25) is 18.1 Å². The van der Waals surface area contributed by atoms with Crippen LogP contribution in [0, 0.1) is 5.92 Å². The van der Waals surface area contributed by atoms with E-state index in [1.165, 1.54) is 6.08 Å². The number of aromatic nitrogens is 3. The Kier molecular flexibility index (Phi) is 12.8. The molecule has 1 aliphatic heterocycles. The van der Waals surface area contributed by atoms with Crippen LogP contribution in [0.3, 0.4) is 0 Å². The van der Waals surface area contributed by atoms with Gasteiger partial charge in [0.05, 0.1) is 24.3 Å². The average Bonchev–Trinajstić information content (AvgIpc) is 3.69. The number of ether oxygens (including phenoxy) is 1. The molecule has 4 aromatic carbocycles. The molecule has 0 radical (unpaired) electrons. The van der Waals surface area contributed by atoms with Crippen molar-refractivity contribution >= 4 is 54.2 Å². The molecule has 0 spiro atoms. The fourth-order valence-electron chi connectivity index (χ4n) is 7.36. The van der Waals surface area contributed by atoms with Crippen molar-refractivity contribution < 1.29 is 23.5 Å². The first-order valence-corrected chi connectivity index (χ1v) is 24.2. The molecule has 296 valence electrons. The van der Waals surface area contributed by atoms with Crippen molar-refractivity contribution in [2.24, 2.45) is 5.92 Å². The highest BCUT2D eigenvalue weighted by molar-refractivity contribution is 7.96. The van der Waals surface area contributed by atoms with Gasteiger partial charge < -0.3 is 14.1 Å². The first-order valence-electron chi connectivity index (χ1n) is 19.5. The van der Waals surface area contributed by atoms with E-state index in [0.717, 1.165) is 27.9 Å². The Bertz CT molecular complexity index is 2130. The second-order valence-corrected chi connectivity index (χ2v) is 24.1. The first-order chi connectivity index (χ1) is 27.3. The Balaban J connectivity index is 1.54. The molecule has 1 saturated heterocycles. The summed E-state index contributed by atoms with van der Waals surface area (Å²) >= 11 is 0. The number of hydrogen-bond acceptors (Lipinski definition) is 7. The van der Waals surface area contributed by atoms with E-state index in [1.807, 2.05) is 116 Å². The standard InChI is InChI=1S/C46H53N4O5PSi/c1-8-31-54-45(53)44(56(36-23-15-10-16-24-36,37-25-17-11-18-26-37)38-27-19-12-20-28-38)50-40(42(43(50)52)34(2)55-57(6,7)46(3,4)5)32-41(51)39-33-49(48-47-39)30-29-35-21-13-9-14-22-35/h8-28,33-34,40,42H,1,29-32H2,2-7H3/t34-,40-,42-/m1/s1. The predicted molar refractivity (Wildman–Crippen MR) is 232 cm³/mol. The van der Waals surface area contributed by atoms with Gasteiger partial charge in [-0.2, -0.15) is 0 Å². The predicted octanol–water partition coefficient (Wildman–Crippen LogP) is 7.18. The smallest absolute Gasteiger partial charge is 0.356 e. The number of esters is 1. The van der Waals surface area contributed by atoms with Crippen molar-refractivity contribution in [3.8, 4) is 0 Å². The minimum atomic E-state index is -3.19. The summed E-state index contributed by atoms with van der Waals surface area (Å²) in [6, 6.07) is 38.8. The number of benzene rings is 4. The van der Waals surface area contributed by atoms with Crippen LogP contribution >= 0.6 is 6.89 Å². The molecule has 0 aliphatic carbocycles. The Labute approximate surface area is 337 Å². The van der Waals surface area contributed by atoms with Crippen molar-refractivity contribution in [3.05, 3.63) is 151 Å².